The SMILES string of the molecule is CSC1CCCC(NC(=O)c2cccc(C)c2F)C1. The number of carbonyl (C=O) groups is 1. The van der Waals surface area contributed by atoms with E-state index < -0.39 is 5.82 Å². The van der Waals surface area contributed by atoms with Crippen molar-refractivity contribution in [3.8, 4) is 0 Å². The van der Waals surface area contributed by atoms with E-state index in [0.29, 0.717) is 10.8 Å². The van der Waals surface area contributed by atoms with Crippen molar-refractivity contribution in [1.82, 2.24) is 5.32 Å². The number of benzene rings is 1. The first-order valence-corrected chi connectivity index (χ1v) is 7.99. The molecular formula is C15H20FNOS. The molecule has 104 valence electrons. The van der Waals surface area contributed by atoms with Crippen LogP contribution < -0.4 is 5.32 Å². The van der Waals surface area contributed by atoms with Gasteiger partial charge in [0.15, 0.2) is 0 Å². The Kier molecular flexibility index (Phi) is 4.86. The van der Waals surface area contributed by atoms with Crippen molar-refractivity contribution in [2.24, 2.45) is 0 Å². The fraction of sp³-hybridized carbons (Fsp3) is 0.533. The Balaban J connectivity index is 2.02. The van der Waals surface area contributed by atoms with E-state index in [-0.39, 0.29) is 17.5 Å². The molecule has 1 N–H and O–H groups in total. The summed E-state index contributed by atoms with van der Waals surface area (Å²) >= 11 is 1.85. The summed E-state index contributed by atoms with van der Waals surface area (Å²) in [5.74, 6) is -0.690. The third-order valence-electron chi connectivity index (χ3n) is 3.73. The van der Waals surface area contributed by atoms with E-state index in [1.807, 2.05) is 11.8 Å². The molecule has 0 heterocycles. The topological polar surface area (TPSA) is 29.1 Å². The fourth-order valence-corrected chi connectivity index (χ4v) is 3.40. The molecule has 1 aliphatic carbocycles. The molecule has 0 bridgehead atoms. The lowest BCUT2D eigenvalue weighted by Gasteiger charge is -2.28. The minimum Gasteiger partial charge on any atom is -0.349 e. The monoisotopic (exact) mass is 281 g/mol. The lowest BCUT2D eigenvalue weighted by atomic mass is 9.94. The van der Waals surface area contributed by atoms with Gasteiger partial charge in [0.1, 0.15) is 5.82 Å². The Hall–Kier alpha value is -1.03. The maximum Gasteiger partial charge on any atom is 0.254 e. The van der Waals surface area contributed by atoms with Crippen LogP contribution in [0, 0.1) is 12.7 Å². The molecule has 2 atom stereocenters. The van der Waals surface area contributed by atoms with E-state index in [9.17, 15) is 9.18 Å². The summed E-state index contributed by atoms with van der Waals surface area (Å²) in [6, 6.07) is 5.13. The van der Waals surface area contributed by atoms with Crippen molar-refractivity contribution in [2.45, 2.75) is 43.9 Å². The second kappa shape index (κ2) is 6.42. The summed E-state index contributed by atoms with van der Waals surface area (Å²) in [6.07, 6.45) is 6.44. The molecule has 1 amide bonds. The van der Waals surface area contributed by atoms with E-state index in [0.717, 1.165) is 19.3 Å². The Morgan fingerprint density at radius 3 is 2.95 bits per heavy atom. The molecular weight excluding hydrogens is 261 g/mol. The molecule has 19 heavy (non-hydrogen) atoms. The summed E-state index contributed by atoms with van der Waals surface area (Å²) in [7, 11) is 0. The third-order valence-corrected chi connectivity index (χ3v) is 4.83. The van der Waals surface area contributed by atoms with Gasteiger partial charge in [-0.15, -0.1) is 0 Å². The van der Waals surface area contributed by atoms with Gasteiger partial charge in [0.25, 0.3) is 5.91 Å². The van der Waals surface area contributed by atoms with E-state index >= 15 is 0 Å². The second-order valence-corrected chi connectivity index (χ2v) is 6.27. The molecule has 1 aromatic carbocycles. The highest BCUT2D eigenvalue weighted by atomic mass is 32.2. The van der Waals surface area contributed by atoms with Gasteiger partial charge >= 0.3 is 0 Å². The Morgan fingerprint density at radius 2 is 2.21 bits per heavy atom. The number of amides is 1. The van der Waals surface area contributed by atoms with Crippen LogP contribution in [0.25, 0.3) is 0 Å². The normalized spacial score (nSPS) is 23.1. The summed E-state index contributed by atoms with van der Waals surface area (Å²) in [5.41, 5.74) is 0.671. The zero-order chi connectivity index (χ0) is 13.8. The molecule has 1 saturated carbocycles. The predicted octanol–water partition coefficient (Wildman–Crippen LogP) is 3.54. The van der Waals surface area contributed by atoms with Gasteiger partial charge in [-0.05, 0) is 44.1 Å². The first kappa shape index (κ1) is 14.4. The van der Waals surface area contributed by atoms with Gasteiger partial charge in [-0.25, -0.2) is 4.39 Å². The van der Waals surface area contributed by atoms with Crippen LogP contribution in [-0.4, -0.2) is 23.5 Å². The first-order valence-electron chi connectivity index (χ1n) is 6.70. The molecule has 1 aliphatic rings. The van der Waals surface area contributed by atoms with E-state index in [1.54, 1.807) is 25.1 Å². The van der Waals surface area contributed by atoms with Crippen LogP contribution >= 0.6 is 11.8 Å². The lowest BCUT2D eigenvalue weighted by molar-refractivity contribution is 0.0924. The number of rotatable bonds is 3. The quantitative estimate of drug-likeness (QED) is 0.918. The Morgan fingerprint density at radius 1 is 1.42 bits per heavy atom. The first-order chi connectivity index (χ1) is 9.11. The fourth-order valence-electron chi connectivity index (χ4n) is 2.58. The number of halogens is 1. The molecule has 0 aromatic heterocycles. The van der Waals surface area contributed by atoms with Crippen LogP contribution in [0.2, 0.25) is 0 Å². The highest BCUT2D eigenvalue weighted by Gasteiger charge is 2.24. The number of hydrogen-bond acceptors (Lipinski definition) is 2. The summed E-state index contributed by atoms with van der Waals surface area (Å²) < 4.78 is 13.9. The maximum atomic E-state index is 13.9. The minimum absolute atomic E-state index is 0.159. The summed E-state index contributed by atoms with van der Waals surface area (Å²) in [4.78, 5) is 12.1. The van der Waals surface area contributed by atoms with Crippen molar-refractivity contribution in [1.29, 1.82) is 0 Å². The van der Waals surface area contributed by atoms with Crippen molar-refractivity contribution >= 4 is 17.7 Å². The molecule has 2 nitrogen and oxygen atoms in total. The average molecular weight is 281 g/mol. The van der Waals surface area contributed by atoms with Gasteiger partial charge in [0.05, 0.1) is 5.56 Å². The van der Waals surface area contributed by atoms with Crippen LogP contribution in [0.5, 0.6) is 0 Å². The average Bonchev–Trinajstić information content (AvgIpc) is 2.42. The molecule has 1 fully saturated rings. The third kappa shape index (κ3) is 3.50. The van der Waals surface area contributed by atoms with Crippen molar-refractivity contribution in [3.05, 3.63) is 35.1 Å². The molecule has 0 spiro atoms. The standard InChI is InChI=1S/C15H20FNOS/c1-10-5-3-8-13(14(10)16)15(18)17-11-6-4-7-12(9-11)19-2/h3,5,8,11-12H,4,6-7,9H2,1-2H3,(H,17,18). The molecule has 2 unspecified atom stereocenters. The van der Waals surface area contributed by atoms with Crippen LogP contribution in [0.15, 0.2) is 18.2 Å². The van der Waals surface area contributed by atoms with Gasteiger partial charge in [-0.3, -0.25) is 4.79 Å². The van der Waals surface area contributed by atoms with Gasteiger partial charge in [-0.2, -0.15) is 11.8 Å². The van der Waals surface area contributed by atoms with Gasteiger partial charge in [0.2, 0.25) is 0 Å². The van der Waals surface area contributed by atoms with Gasteiger partial charge < -0.3 is 5.32 Å². The van der Waals surface area contributed by atoms with Gasteiger partial charge in [-0.1, -0.05) is 18.6 Å². The molecule has 2 rings (SSSR count). The Labute approximate surface area is 118 Å². The van der Waals surface area contributed by atoms with Crippen LogP contribution in [0.3, 0.4) is 0 Å². The van der Waals surface area contributed by atoms with E-state index in [4.69, 9.17) is 0 Å². The number of carbonyl (C=O) groups excluding carboxylic acids is 1. The lowest BCUT2D eigenvalue weighted by Crippen LogP contribution is -2.39. The zero-order valence-corrected chi connectivity index (χ0v) is 12.2. The minimum atomic E-state index is -0.405. The van der Waals surface area contributed by atoms with Crippen molar-refractivity contribution in [2.75, 3.05) is 6.26 Å². The summed E-state index contributed by atoms with van der Waals surface area (Å²) in [5, 5.41) is 3.59. The highest BCUT2D eigenvalue weighted by molar-refractivity contribution is 7.99. The number of aryl methyl sites for hydroxylation is 1. The molecule has 1 aromatic rings. The van der Waals surface area contributed by atoms with Crippen LogP contribution in [0.4, 0.5) is 4.39 Å². The number of thioether (sulfide) groups is 1. The predicted molar refractivity (Wildman–Crippen MR) is 78.2 cm³/mol. The molecule has 4 heteroatoms. The van der Waals surface area contributed by atoms with E-state index in [1.165, 1.54) is 6.42 Å². The van der Waals surface area contributed by atoms with Crippen LogP contribution in [0.1, 0.15) is 41.6 Å². The van der Waals surface area contributed by atoms with Gasteiger partial charge in [0, 0.05) is 11.3 Å². The van der Waals surface area contributed by atoms with Crippen LogP contribution in [-0.2, 0) is 0 Å². The smallest absolute Gasteiger partial charge is 0.254 e. The molecule has 0 saturated heterocycles. The van der Waals surface area contributed by atoms with Crippen molar-refractivity contribution < 1.29 is 9.18 Å². The number of nitrogens with one attached hydrogen (secondary N) is 1. The largest absolute Gasteiger partial charge is 0.349 e. The van der Waals surface area contributed by atoms with E-state index in [2.05, 4.69) is 11.6 Å². The maximum absolute atomic E-state index is 13.9. The zero-order valence-electron chi connectivity index (χ0n) is 11.4. The molecule has 0 radical (unpaired) electrons. The second-order valence-electron chi connectivity index (χ2n) is 5.13. The summed E-state index contributed by atoms with van der Waals surface area (Å²) in [6.45, 7) is 1.68. The molecule has 0 aliphatic heterocycles. The Bertz CT molecular complexity index is 463. The highest BCUT2D eigenvalue weighted by Crippen LogP contribution is 2.27. The van der Waals surface area contributed by atoms with Crippen molar-refractivity contribution in [3.63, 3.8) is 0 Å². The number of hydrogen-bond donors (Lipinski definition) is 1.